The van der Waals surface area contributed by atoms with Gasteiger partial charge in [0, 0.05) is 31.4 Å². The molecule has 1 aromatic carbocycles. The number of ether oxygens (including phenoxy) is 1. The van der Waals surface area contributed by atoms with Crippen LogP contribution in [0.25, 0.3) is 0 Å². The van der Waals surface area contributed by atoms with Crippen molar-refractivity contribution >= 4 is 17.4 Å². The number of hydrogen-bond acceptors (Lipinski definition) is 5. The fourth-order valence-corrected chi connectivity index (χ4v) is 4.65. The van der Waals surface area contributed by atoms with E-state index in [-0.39, 0.29) is 0 Å². The summed E-state index contributed by atoms with van der Waals surface area (Å²) in [4.78, 5) is 2.43. The van der Waals surface area contributed by atoms with E-state index in [0.29, 0.717) is 6.04 Å². The Morgan fingerprint density at radius 3 is 2.48 bits per heavy atom. The standard InChI is InChI=1S/C18H28N2O2S/c1-22-17-4-2-16(3-5-17)20-10-6-15(7-11-20)19-14-18(21)8-12-23-13-9-18/h2-5,15,19,21H,6-14H2,1H3. The molecule has 5 heteroatoms. The molecule has 2 heterocycles. The molecule has 128 valence electrons. The molecule has 2 aliphatic heterocycles. The van der Waals surface area contributed by atoms with Crippen LogP contribution in [0.5, 0.6) is 5.75 Å². The van der Waals surface area contributed by atoms with Gasteiger partial charge in [-0.3, -0.25) is 0 Å². The zero-order chi connectivity index (χ0) is 16.1. The third kappa shape index (κ3) is 4.55. The summed E-state index contributed by atoms with van der Waals surface area (Å²) in [6.45, 7) is 2.89. The summed E-state index contributed by atoms with van der Waals surface area (Å²) in [6, 6.07) is 8.85. The van der Waals surface area contributed by atoms with Gasteiger partial charge in [0.05, 0.1) is 12.7 Å². The molecule has 23 heavy (non-hydrogen) atoms. The van der Waals surface area contributed by atoms with Gasteiger partial charge in [0.1, 0.15) is 5.75 Å². The van der Waals surface area contributed by atoms with Gasteiger partial charge in [-0.2, -0.15) is 11.8 Å². The lowest BCUT2D eigenvalue weighted by molar-refractivity contribution is 0.0288. The average molecular weight is 337 g/mol. The second-order valence-corrected chi connectivity index (χ2v) is 7.90. The molecule has 0 unspecified atom stereocenters. The van der Waals surface area contributed by atoms with Gasteiger partial charge in [-0.1, -0.05) is 0 Å². The quantitative estimate of drug-likeness (QED) is 0.865. The molecule has 0 aliphatic carbocycles. The van der Waals surface area contributed by atoms with E-state index in [4.69, 9.17) is 4.74 Å². The summed E-state index contributed by atoms with van der Waals surface area (Å²) < 4.78 is 5.22. The molecule has 2 N–H and O–H groups in total. The Morgan fingerprint density at radius 2 is 1.87 bits per heavy atom. The fraction of sp³-hybridized carbons (Fsp3) is 0.667. The van der Waals surface area contributed by atoms with Crippen LogP contribution < -0.4 is 15.0 Å². The van der Waals surface area contributed by atoms with Gasteiger partial charge in [0.25, 0.3) is 0 Å². The van der Waals surface area contributed by atoms with E-state index >= 15 is 0 Å². The number of anilines is 1. The van der Waals surface area contributed by atoms with Gasteiger partial charge in [-0.15, -0.1) is 0 Å². The van der Waals surface area contributed by atoms with Crippen LogP contribution in [-0.2, 0) is 0 Å². The van der Waals surface area contributed by atoms with E-state index in [0.717, 1.165) is 62.6 Å². The first-order valence-electron chi connectivity index (χ1n) is 8.61. The summed E-state index contributed by atoms with van der Waals surface area (Å²) in [5, 5.41) is 14.2. The van der Waals surface area contributed by atoms with Crippen LogP contribution in [-0.4, -0.2) is 55.0 Å². The van der Waals surface area contributed by atoms with Crippen molar-refractivity contribution in [1.29, 1.82) is 0 Å². The molecular weight excluding hydrogens is 308 g/mol. The van der Waals surface area contributed by atoms with Crippen LogP contribution in [0.2, 0.25) is 0 Å². The number of nitrogens with zero attached hydrogens (tertiary/aromatic N) is 1. The maximum absolute atomic E-state index is 10.6. The minimum Gasteiger partial charge on any atom is -0.497 e. The normalized spacial score (nSPS) is 22.1. The van der Waals surface area contributed by atoms with E-state index < -0.39 is 5.60 Å². The van der Waals surface area contributed by atoms with Crippen LogP contribution in [0.1, 0.15) is 25.7 Å². The van der Waals surface area contributed by atoms with E-state index in [1.54, 1.807) is 7.11 Å². The molecule has 1 aromatic rings. The van der Waals surface area contributed by atoms with Crippen LogP contribution >= 0.6 is 11.8 Å². The van der Waals surface area contributed by atoms with Gasteiger partial charge in [0.15, 0.2) is 0 Å². The second-order valence-electron chi connectivity index (χ2n) is 6.68. The highest BCUT2D eigenvalue weighted by Gasteiger charge is 2.30. The molecule has 2 fully saturated rings. The maximum Gasteiger partial charge on any atom is 0.119 e. The number of methoxy groups -OCH3 is 1. The Hall–Kier alpha value is -0.910. The van der Waals surface area contributed by atoms with Gasteiger partial charge < -0.3 is 20.1 Å². The first kappa shape index (κ1) is 16.9. The molecule has 0 saturated carbocycles. The number of nitrogens with one attached hydrogen (secondary N) is 1. The molecule has 0 aromatic heterocycles. The molecule has 4 nitrogen and oxygen atoms in total. The molecule has 0 radical (unpaired) electrons. The molecule has 0 atom stereocenters. The van der Waals surface area contributed by atoms with Crippen molar-refractivity contribution in [1.82, 2.24) is 5.32 Å². The highest BCUT2D eigenvalue weighted by atomic mass is 32.2. The number of aliphatic hydroxyl groups is 1. The molecule has 3 rings (SSSR count). The Bertz CT molecular complexity index is 480. The van der Waals surface area contributed by atoms with Crippen molar-refractivity contribution < 1.29 is 9.84 Å². The SMILES string of the molecule is COc1ccc(N2CCC(NCC3(O)CCSCC3)CC2)cc1. The Morgan fingerprint density at radius 1 is 1.22 bits per heavy atom. The fourth-order valence-electron chi connectivity index (χ4n) is 3.40. The van der Waals surface area contributed by atoms with Crippen molar-refractivity contribution in [2.24, 2.45) is 0 Å². The molecular formula is C18H28N2O2S. The lowest BCUT2D eigenvalue weighted by Crippen LogP contribution is -2.49. The summed E-state index contributed by atoms with van der Waals surface area (Å²) in [5.41, 5.74) is 0.797. The summed E-state index contributed by atoms with van der Waals surface area (Å²) in [7, 11) is 1.70. The van der Waals surface area contributed by atoms with Crippen molar-refractivity contribution in [3.8, 4) is 5.75 Å². The molecule has 0 bridgehead atoms. The minimum absolute atomic E-state index is 0.474. The average Bonchev–Trinajstić information content (AvgIpc) is 2.61. The third-order valence-corrected chi connectivity index (χ3v) is 6.06. The van der Waals surface area contributed by atoms with E-state index in [9.17, 15) is 5.11 Å². The minimum atomic E-state index is -0.474. The number of hydrogen-bond donors (Lipinski definition) is 2. The van der Waals surface area contributed by atoms with Crippen molar-refractivity contribution in [2.45, 2.75) is 37.3 Å². The predicted octanol–water partition coefficient (Wildman–Crippen LogP) is 2.51. The highest BCUT2D eigenvalue weighted by Crippen LogP contribution is 2.27. The van der Waals surface area contributed by atoms with Crippen LogP contribution in [0.3, 0.4) is 0 Å². The third-order valence-electron chi connectivity index (χ3n) is 5.08. The topological polar surface area (TPSA) is 44.7 Å². The van der Waals surface area contributed by atoms with Crippen LogP contribution in [0.15, 0.2) is 24.3 Å². The summed E-state index contributed by atoms with van der Waals surface area (Å²) >= 11 is 1.96. The highest BCUT2D eigenvalue weighted by molar-refractivity contribution is 7.99. The number of thioether (sulfide) groups is 1. The predicted molar refractivity (Wildman–Crippen MR) is 97.7 cm³/mol. The van der Waals surface area contributed by atoms with Gasteiger partial charge >= 0.3 is 0 Å². The van der Waals surface area contributed by atoms with Gasteiger partial charge in [-0.25, -0.2) is 0 Å². The van der Waals surface area contributed by atoms with Gasteiger partial charge in [0.2, 0.25) is 0 Å². The lowest BCUT2D eigenvalue weighted by atomic mass is 9.95. The summed E-state index contributed by atoms with van der Waals surface area (Å²) in [6.07, 6.45) is 4.12. The van der Waals surface area contributed by atoms with Crippen LogP contribution in [0, 0.1) is 0 Å². The lowest BCUT2D eigenvalue weighted by Gasteiger charge is -2.37. The first-order chi connectivity index (χ1) is 11.2. The van der Waals surface area contributed by atoms with E-state index in [1.165, 1.54) is 5.69 Å². The monoisotopic (exact) mass is 336 g/mol. The Kier molecular flexibility index (Phi) is 5.72. The van der Waals surface area contributed by atoms with E-state index in [1.807, 2.05) is 23.9 Å². The zero-order valence-electron chi connectivity index (χ0n) is 14.0. The smallest absolute Gasteiger partial charge is 0.119 e. The van der Waals surface area contributed by atoms with Gasteiger partial charge in [-0.05, 0) is 61.5 Å². The summed E-state index contributed by atoms with van der Waals surface area (Å²) in [5.74, 6) is 3.09. The van der Waals surface area contributed by atoms with Crippen LogP contribution in [0.4, 0.5) is 5.69 Å². The Balaban J connectivity index is 1.44. The molecule has 0 amide bonds. The largest absolute Gasteiger partial charge is 0.497 e. The number of benzene rings is 1. The van der Waals surface area contributed by atoms with Crippen molar-refractivity contribution in [3.63, 3.8) is 0 Å². The first-order valence-corrected chi connectivity index (χ1v) is 9.76. The number of piperidine rings is 1. The number of rotatable bonds is 5. The Labute approximate surface area is 143 Å². The van der Waals surface area contributed by atoms with Crippen molar-refractivity contribution in [2.75, 3.05) is 43.1 Å². The molecule has 0 spiro atoms. The molecule has 2 saturated heterocycles. The molecule has 2 aliphatic rings. The van der Waals surface area contributed by atoms with Crippen molar-refractivity contribution in [3.05, 3.63) is 24.3 Å². The van der Waals surface area contributed by atoms with E-state index in [2.05, 4.69) is 22.3 Å². The second kappa shape index (κ2) is 7.77. The maximum atomic E-state index is 10.6. The zero-order valence-corrected chi connectivity index (χ0v) is 14.8.